The van der Waals surface area contributed by atoms with Crippen LogP contribution in [0.5, 0.6) is 0 Å². The molecule has 3 rings (SSSR count). The Kier molecular flexibility index (Phi) is 6.81. The average molecular weight is 383 g/mol. The summed E-state index contributed by atoms with van der Waals surface area (Å²) in [6.45, 7) is 5.86. The first kappa shape index (κ1) is 19.7. The van der Waals surface area contributed by atoms with Gasteiger partial charge in [-0.3, -0.25) is 14.5 Å². The second-order valence-electron chi connectivity index (χ2n) is 6.18. The number of thiophene rings is 1. The van der Waals surface area contributed by atoms with Gasteiger partial charge in [0.15, 0.2) is 0 Å². The summed E-state index contributed by atoms with van der Waals surface area (Å²) in [5, 5.41) is 9.86. The SMILES string of the molecule is Cc1c(C(=O)N2CCN(CCCC(=O)O)CC2)sc2ccccc12.Cl. The summed E-state index contributed by atoms with van der Waals surface area (Å²) in [5.41, 5.74) is 1.07. The van der Waals surface area contributed by atoms with Crippen molar-refractivity contribution in [3.63, 3.8) is 0 Å². The number of halogens is 1. The van der Waals surface area contributed by atoms with Crippen LogP contribution >= 0.6 is 23.7 Å². The van der Waals surface area contributed by atoms with Gasteiger partial charge in [-0.05, 0) is 36.9 Å². The van der Waals surface area contributed by atoms with Gasteiger partial charge in [-0.15, -0.1) is 23.7 Å². The van der Waals surface area contributed by atoms with Gasteiger partial charge in [-0.25, -0.2) is 0 Å². The van der Waals surface area contributed by atoms with Gasteiger partial charge >= 0.3 is 5.97 Å². The van der Waals surface area contributed by atoms with Gasteiger partial charge < -0.3 is 10.0 Å². The normalized spacial score (nSPS) is 15.2. The molecule has 2 heterocycles. The van der Waals surface area contributed by atoms with Crippen LogP contribution < -0.4 is 0 Å². The van der Waals surface area contributed by atoms with Crippen LogP contribution in [0.1, 0.15) is 28.1 Å². The fourth-order valence-electron chi connectivity index (χ4n) is 3.15. The number of rotatable bonds is 5. The Morgan fingerprint density at radius 2 is 1.84 bits per heavy atom. The van der Waals surface area contributed by atoms with Gasteiger partial charge in [0.2, 0.25) is 0 Å². The zero-order chi connectivity index (χ0) is 17.1. The minimum Gasteiger partial charge on any atom is -0.481 e. The molecule has 0 spiro atoms. The Balaban J connectivity index is 0.00000225. The van der Waals surface area contributed by atoms with E-state index in [-0.39, 0.29) is 24.7 Å². The molecule has 5 nitrogen and oxygen atoms in total. The lowest BCUT2D eigenvalue weighted by atomic mass is 10.1. The van der Waals surface area contributed by atoms with Crippen LogP contribution in [0, 0.1) is 6.92 Å². The molecule has 136 valence electrons. The van der Waals surface area contributed by atoms with E-state index in [2.05, 4.69) is 17.0 Å². The number of aliphatic carboxylic acids is 1. The van der Waals surface area contributed by atoms with Gasteiger partial charge in [0, 0.05) is 37.3 Å². The molecule has 1 saturated heterocycles. The van der Waals surface area contributed by atoms with E-state index < -0.39 is 5.97 Å². The number of benzene rings is 1. The second-order valence-corrected chi connectivity index (χ2v) is 7.24. The zero-order valence-electron chi connectivity index (χ0n) is 14.2. The molecule has 1 fully saturated rings. The van der Waals surface area contributed by atoms with Crippen molar-refractivity contribution in [2.75, 3.05) is 32.7 Å². The quantitative estimate of drug-likeness (QED) is 0.862. The number of fused-ring (bicyclic) bond motifs is 1. The number of carboxylic acids is 1. The first-order valence-corrected chi connectivity index (χ1v) is 9.09. The zero-order valence-corrected chi connectivity index (χ0v) is 15.9. The highest BCUT2D eigenvalue weighted by atomic mass is 35.5. The molecule has 1 aromatic carbocycles. The van der Waals surface area contributed by atoms with E-state index in [9.17, 15) is 9.59 Å². The van der Waals surface area contributed by atoms with Crippen molar-refractivity contribution in [1.82, 2.24) is 9.80 Å². The van der Waals surface area contributed by atoms with E-state index in [0.717, 1.165) is 40.2 Å². The van der Waals surface area contributed by atoms with Crippen LogP contribution in [0.2, 0.25) is 0 Å². The molecular weight excluding hydrogens is 360 g/mol. The third kappa shape index (κ3) is 4.51. The second kappa shape index (κ2) is 8.65. The smallest absolute Gasteiger partial charge is 0.303 e. The first-order valence-electron chi connectivity index (χ1n) is 8.28. The maximum Gasteiger partial charge on any atom is 0.303 e. The number of piperazine rings is 1. The average Bonchev–Trinajstić information content (AvgIpc) is 2.92. The van der Waals surface area contributed by atoms with Crippen molar-refractivity contribution in [2.24, 2.45) is 0 Å². The number of aryl methyl sites for hydroxylation is 1. The highest BCUT2D eigenvalue weighted by Gasteiger charge is 2.25. The van der Waals surface area contributed by atoms with Gasteiger partial charge in [-0.1, -0.05) is 18.2 Å². The van der Waals surface area contributed by atoms with E-state index in [0.29, 0.717) is 19.5 Å². The fraction of sp³-hybridized carbons (Fsp3) is 0.444. The summed E-state index contributed by atoms with van der Waals surface area (Å²) >= 11 is 1.57. The van der Waals surface area contributed by atoms with E-state index in [1.165, 1.54) is 0 Å². The third-order valence-electron chi connectivity index (χ3n) is 4.56. The first-order chi connectivity index (χ1) is 11.6. The van der Waals surface area contributed by atoms with Crippen LogP contribution in [0.25, 0.3) is 10.1 Å². The van der Waals surface area contributed by atoms with Crippen molar-refractivity contribution in [2.45, 2.75) is 19.8 Å². The van der Waals surface area contributed by atoms with Crippen molar-refractivity contribution in [1.29, 1.82) is 0 Å². The molecule has 7 heteroatoms. The number of hydrogen-bond acceptors (Lipinski definition) is 4. The molecule has 0 aliphatic carbocycles. The molecule has 0 bridgehead atoms. The summed E-state index contributed by atoms with van der Waals surface area (Å²) in [4.78, 5) is 28.4. The lowest BCUT2D eigenvalue weighted by Gasteiger charge is -2.34. The lowest BCUT2D eigenvalue weighted by Crippen LogP contribution is -2.48. The molecular formula is C18H23ClN2O3S. The van der Waals surface area contributed by atoms with Crippen LogP contribution in [0.3, 0.4) is 0 Å². The monoisotopic (exact) mass is 382 g/mol. The number of carbonyl (C=O) groups is 2. The van der Waals surface area contributed by atoms with Gasteiger partial charge in [0.25, 0.3) is 5.91 Å². The van der Waals surface area contributed by atoms with Crippen molar-refractivity contribution in [3.8, 4) is 0 Å². The minimum absolute atomic E-state index is 0. The fourth-order valence-corrected chi connectivity index (χ4v) is 4.33. The molecule has 1 amide bonds. The molecule has 1 aliphatic rings. The van der Waals surface area contributed by atoms with Crippen LogP contribution in [0.15, 0.2) is 24.3 Å². The number of nitrogens with zero attached hydrogens (tertiary/aromatic N) is 2. The van der Waals surface area contributed by atoms with E-state index >= 15 is 0 Å². The Morgan fingerprint density at radius 3 is 2.48 bits per heavy atom. The number of carbonyl (C=O) groups excluding carboxylic acids is 1. The number of amides is 1. The van der Waals surface area contributed by atoms with Crippen LogP contribution in [0.4, 0.5) is 0 Å². The number of carboxylic acid groups (broad SMARTS) is 1. The molecule has 1 aromatic heterocycles. The molecule has 25 heavy (non-hydrogen) atoms. The summed E-state index contributed by atoms with van der Waals surface area (Å²) in [6.07, 6.45) is 0.874. The highest BCUT2D eigenvalue weighted by Crippen LogP contribution is 2.31. The van der Waals surface area contributed by atoms with Crippen LogP contribution in [-0.4, -0.2) is 59.5 Å². The Morgan fingerprint density at radius 1 is 1.16 bits per heavy atom. The third-order valence-corrected chi connectivity index (χ3v) is 5.82. The van der Waals surface area contributed by atoms with Gasteiger partial charge in [-0.2, -0.15) is 0 Å². The largest absolute Gasteiger partial charge is 0.481 e. The molecule has 1 N–H and O–H groups in total. The predicted molar refractivity (Wildman–Crippen MR) is 103 cm³/mol. The summed E-state index contributed by atoms with van der Waals surface area (Å²) in [7, 11) is 0. The topological polar surface area (TPSA) is 60.9 Å². The van der Waals surface area contributed by atoms with Crippen molar-refractivity contribution >= 4 is 45.7 Å². The van der Waals surface area contributed by atoms with Gasteiger partial charge in [0.05, 0.1) is 4.88 Å². The number of hydrogen-bond donors (Lipinski definition) is 1. The summed E-state index contributed by atoms with van der Waals surface area (Å²) in [6, 6.07) is 8.14. The summed E-state index contributed by atoms with van der Waals surface area (Å²) in [5.74, 6) is -0.622. The molecule has 0 unspecified atom stereocenters. The molecule has 1 aliphatic heterocycles. The highest BCUT2D eigenvalue weighted by molar-refractivity contribution is 7.21. The standard InChI is InChI=1S/C18H22N2O3S.ClH/c1-13-14-5-2-3-6-15(14)24-17(13)18(23)20-11-9-19(10-12-20)8-4-7-16(21)22;/h2-3,5-6H,4,7-12H2,1H3,(H,21,22);1H. The van der Waals surface area contributed by atoms with Gasteiger partial charge in [0.1, 0.15) is 0 Å². The Labute approximate surface area is 157 Å². The van der Waals surface area contributed by atoms with E-state index in [4.69, 9.17) is 5.11 Å². The predicted octanol–water partition coefficient (Wildman–Crippen LogP) is 3.25. The Hall–Kier alpha value is -1.63. The lowest BCUT2D eigenvalue weighted by molar-refractivity contribution is -0.137. The maximum absolute atomic E-state index is 12.8. The maximum atomic E-state index is 12.8. The molecule has 2 aromatic rings. The van der Waals surface area contributed by atoms with Crippen molar-refractivity contribution in [3.05, 3.63) is 34.7 Å². The van der Waals surface area contributed by atoms with Crippen LogP contribution in [-0.2, 0) is 4.79 Å². The minimum atomic E-state index is -0.746. The molecule has 0 radical (unpaired) electrons. The van der Waals surface area contributed by atoms with Crippen molar-refractivity contribution < 1.29 is 14.7 Å². The molecule has 0 atom stereocenters. The van der Waals surface area contributed by atoms with E-state index in [1.54, 1.807) is 11.3 Å². The van der Waals surface area contributed by atoms with E-state index in [1.807, 2.05) is 24.0 Å². The molecule has 0 saturated carbocycles. The Bertz CT molecular complexity index is 754. The summed E-state index contributed by atoms with van der Waals surface area (Å²) < 4.78 is 1.16.